The molecule has 0 spiro atoms. The van der Waals surface area contributed by atoms with Crippen LogP contribution in [-0.4, -0.2) is 15.0 Å². The van der Waals surface area contributed by atoms with Gasteiger partial charge in [-0.2, -0.15) is 9.97 Å². The lowest BCUT2D eigenvalue weighted by atomic mass is 10.1. The number of nitrogens with two attached hydrogens (primary N) is 3. The minimum atomic E-state index is 0.132. The molecule has 0 radical (unpaired) electrons. The maximum Gasteiger partial charge on any atom is 0.224 e. The highest BCUT2D eigenvalue weighted by atomic mass is 15.1. The fraction of sp³-hybridized carbons (Fsp3) is 0.222. The molecule has 0 saturated heterocycles. The van der Waals surface area contributed by atoms with Gasteiger partial charge in [-0.3, -0.25) is 0 Å². The summed E-state index contributed by atoms with van der Waals surface area (Å²) in [7, 11) is 0. The van der Waals surface area contributed by atoms with E-state index in [1.54, 1.807) is 6.20 Å². The number of rotatable bonds is 1. The first-order valence-corrected chi connectivity index (χ1v) is 4.50. The van der Waals surface area contributed by atoms with Crippen molar-refractivity contribution in [1.29, 1.82) is 0 Å². The summed E-state index contributed by atoms with van der Waals surface area (Å²) < 4.78 is 0. The first kappa shape index (κ1) is 9.60. The quantitative estimate of drug-likeness (QED) is 0.599. The molecular formula is C9H12N6. The second-order valence-corrected chi connectivity index (χ2v) is 3.28. The van der Waals surface area contributed by atoms with Crippen LogP contribution in [0.3, 0.4) is 0 Å². The maximum atomic E-state index is 5.77. The molecule has 0 atom stereocenters. The highest BCUT2D eigenvalue weighted by molar-refractivity contribution is 5.89. The Morgan fingerprint density at radius 3 is 2.67 bits per heavy atom. The van der Waals surface area contributed by atoms with Gasteiger partial charge in [-0.05, 0) is 18.1 Å². The van der Waals surface area contributed by atoms with E-state index in [0.717, 1.165) is 16.5 Å². The van der Waals surface area contributed by atoms with Crippen LogP contribution in [0, 0.1) is 6.92 Å². The van der Waals surface area contributed by atoms with Crippen molar-refractivity contribution >= 4 is 22.8 Å². The highest BCUT2D eigenvalue weighted by Crippen LogP contribution is 2.23. The molecule has 6 heteroatoms. The average molecular weight is 204 g/mol. The van der Waals surface area contributed by atoms with E-state index in [9.17, 15) is 0 Å². The topological polar surface area (TPSA) is 117 Å². The average Bonchev–Trinajstić information content (AvgIpc) is 2.17. The molecule has 6 nitrogen and oxygen atoms in total. The molecule has 78 valence electrons. The molecule has 0 bridgehead atoms. The third-order valence-electron chi connectivity index (χ3n) is 2.35. The number of hydrogen-bond donors (Lipinski definition) is 3. The van der Waals surface area contributed by atoms with E-state index < -0.39 is 0 Å². The predicted octanol–water partition coefficient (Wildman–Crippen LogP) is -0.0437. The molecule has 0 aliphatic carbocycles. The number of nitrogens with zero attached hydrogens (tertiary/aromatic N) is 3. The van der Waals surface area contributed by atoms with Crippen LogP contribution in [0.5, 0.6) is 0 Å². The maximum absolute atomic E-state index is 5.77. The standard InChI is InChI=1S/C9H12N6/c1-4-5(2-10)3-13-8-6(4)7(11)14-9(12)15-8/h3H,2,10H2,1H3,(H4,11,12,13,14,15). The van der Waals surface area contributed by atoms with Crippen molar-refractivity contribution in [2.24, 2.45) is 5.73 Å². The lowest BCUT2D eigenvalue weighted by Gasteiger charge is -2.08. The molecule has 0 amide bonds. The van der Waals surface area contributed by atoms with Gasteiger partial charge in [0, 0.05) is 12.7 Å². The number of fused-ring (bicyclic) bond motifs is 1. The molecule has 6 N–H and O–H groups in total. The molecule has 0 aliphatic heterocycles. The molecule has 2 aromatic rings. The van der Waals surface area contributed by atoms with Crippen LogP contribution in [0.15, 0.2) is 6.20 Å². The molecule has 0 fully saturated rings. The zero-order valence-electron chi connectivity index (χ0n) is 8.36. The van der Waals surface area contributed by atoms with Crippen LogP contribution < -0.4 is 17.2 Å². The van der Waals surface area contributed by atoms with Crippen LogP contribution in [0.4, 0.5) is 11.8 Å². The van der Waals surface area contributed by atoms with E-state index in [0.29, 0.717) is 18.0 Å². The van der Waals surface area contributed by atoms with E-state index >= 15 is 0 Å². The van der Waals surface area contributed by atoms with Crippen molar-refractivity contribution in [2.75, 3.05) is 11.5 Å². The summed E-state index contributed by atoms with van der Waals surface area (Å²) >= 11 is 0. The summed E-state index contributed by atoms with van der Waals surface area (Å²) in [6.45, 7) is 2.33. The Kier molecular flexibility index (Phi) is 2.12. The minimum Gasteiger partial charge on any atom is -0.383 e. The first-order valence-electron chi connectivity index (χ1n) is 4.50. The van der Waals surface area contributed by atoms with E-state index in [-0.39, 0.29) is 5.95 Å². The van der Waals surface area contributed by atoms with Gasteiger partial charge < -0.3 is 17.2 Å². The van der Waals surface area contributed by atoms with Crippen molar-refractivity contribution in [3.63, 3.8) is 0 Å². The molecule has 2 aromatic heterocycles. The zero-order chi connectivity index (χ0) is 11.0. The van der Waals surface area contributed by atoms with Gasteiger partial charge >= 0.3 is 0 Å². The monoisotopic (exact) mass is 204 g/mol. The highest BCUT2D eigenvalue weighted by Gasteiger charge is 2.09. The van der Waals surface area contributed by atoms with Crippen molar-refractivity contribution in [1.82, 2.24) is 15.0 Å². The SMILES string of the molecule is Cc1c(CN)cnc2nc(N)nc(N)c12. The summed E-state index contributed by atoms with van der Waals surface area (Å²) in [6, 6.07) is 0. The van der Waals surface area contributed by atoms with Gasteiger partial charge in [-0.25, -0.2) is 4.98 Å². The van der Waals surface area contributed by atoms with Gasteiger partial charge in [0.05, 0.1) is 5.39 Å². The largest absolute Gasteiger partial charge is 0.383 e. The Balaban J connectivity index is 2.87. The number of aromatic nitrogens is 3. The smallest absolute Gasteiger partial charge is 0.224 e. The molecule has 0 saturated carbocycles. The van der Waals surface area contributed by atoms with Crippen LogP contribution in [0.25, 0.3) is 11.0 Å². The Labute approximate surface area is 86.5 Å². The Hall–Kier alpha value is -1.95. The van der Waals surface area contributed by atoms with Crippen molar-refractivity contribution in [2.45, 2.75) is 13.5 Å². The van der Waals surface area contributed by atoms with E-state index in [4.69, 9.17) is 17.2 Å². The number of aryl methyl sites for hydroxylation is 1. The third kappa shape index (κ3) is 1.44. The van der Waals surface area contributed by atoms with Gasteiger partial charge in [0.15, 0.2) is 5.65 Å². The fourth-order valence-corrected chi connectivity index (χ4v) is 1.54. The van der Waals surface area contributed by atoms with Gasteiger partial charge in [0.2, 0.25) is 5.95 Å². The summed E-state index contributed by atoms with van der Waals surface area (Å²) in [4.78, 5) is 12.1. The van der Waals surface area contributed by atoms with E-state index in [2.05, 4.69) is 15.0 Å². The lowest BCUT2D eigenvalue weighted by molar-refractivity contribution is 1.03. The molecule has 15 heavy (non-hydrogen) atoms. The Morgan fingerprint density at radius 2 is 2.00 bits per heavy atom. The number of hydrogen-bond acceptors (Lipinski definition) is 6. The predicted molar refractivity (Wildman–Crippen MR) is 58.8 cm³/mol. The molecule has 0 aliphatic rings. The van der Waals surface area contributed by atoms with E-state index in [1.165, 1.54) is 0 Å². The lowest BCUT2D eigenvalue weighted by Crippen LogP contribution is -2.06. The van der Waals surface area contributed by atoms with Crippen LogP contribution >= 0.6 is 0 Å². The molecule has 2 rings (SSSR count). The second kappa shape index (κ2) is 3.32. The van der Waals surface area contributed by atoms with E-state index in [1.807, 2.05) is 6.92 Å². The molecule has 0 unspecified atom stereocenters. The Bertz CT molecular complexity index is 521. The third-order valence-corrected chi connectivity index (χ3v) is 2.35. The number of anilines is 2. The van der Waals surface area contributed by atoms with Gasteiger partial charge in [0.1, 0.15) is 5.82 Å². The minimum absolute atomic E-state index is 0.132. The van der Waals surface area contributed by atoms with Crippen LogP contribution in [-0.2, 0) is 6.54 Å². The molecular weight excluding hydrogens is 192 g/mol. The summed E-state index contributed by atoms with van der Waals surface area (Å²) in [6.07, 6.45) is 1.68. The normalized spacial score (nSPS) is 10.8. The zero-order valence-corrected chi connectivity index (χ0v) is 8.36. The first-order chi connectivity index (χ1) is 7.13. The summed E-state index contributed by atoms with van der Waals surface area (Å²) in [5, 5.41) is 0.729. The van der Waals surface area contributed by atoms with Gasteiger partial charge in [-0.15, -0.1) is 0 Å². The molecule has 0 aromatic carbocycles. The fourth-order valence-electron chi connectivity index (χ4n) is 1.54. The number of nitrogen functional groups attached to an aromatic ring is 2. The molecule has 2 heterocycles. The van der Waals surface area contributed by atoms with Crippen LogP contribution in [0.1, 0.15) is 11.1 Å². The summed E-state index contributed by atoms with van der Waals surface area (Å²) in [5.74, 6) is 0.477. The van der Waals surface area contributed by atoms with Crippen LogP contribution in [0.2, 0.25) is 0 Å². The van der Waals surface area contributed by atoms with Gasteiger partial charge in [-0.1, -0.05) is 0 Å². The Morgan fingerprint density at radius 1 is 1.27 bits per heavy atom. The van der Waals surface area contributed by atoms with Gasteiger partial charge in [0.25, 0.3) is 0 Å². The van der Waals surface area contributed by atoms with Crippen molar-refractivity contribution in [3.8, 4) is 0 Å². The van der Waals surface area contributed by atoms with Crippen molar-refractivity contribution < 1.29 is 0 Å². The summed E-state index contributed by atoms with van der Waals surface area (Å²) in [5.41, 5.74) is 19.2. The van der Waals surface area contributed by atoms with Crippen molar-refractivity contribution in [3.05, 3.63) is 17.3 Å². The number of pyridine rings is 1. The second-order valence-electron chi connectivity index (χ2n) is 3.28.